The molecule has 1 aromatic rings. The van der Waals surface area contributed by atoms with E-state index in [2.05, 4.69) is 29.9 Å². The number of hydrogen-bond acceptors (Lipinski definition) is 3. The lowest BCUT2D eigenvalue weighted by atomic mass is 9.94. The molecule has 0 spiro atoms. The SMILES string of the molecule is CSC(C)CNC(=O)C1NCCc2ccccc21. The van der Waals surface area contributed by atoms with Crippen LogP contribution in [-0.2, 0) is 11.2 Å². The first-order valence-electron chi connectivity index (χ1n) is 6.34. The molecule has 1 heterocycles. The lowest BCUT2D eigenvalue weighted by Crippen LogP contribution is -2.42. The lowest BCUT2D eigenvalue weighted by molar-refractivity contribution is -0.123. The molecule has 0 aromatic heterocycles. The van der Waals surface area contributed by atoms with Gasteiger partial charge in [-0.1, -0.05) is 31.2 Å². The largest absolute Gasteiger partial charge is 0.353 e. The Morgan fingerprint density at radius 3 is 3.11 bits per heavy atom. The highest BCUT2D eigenvalue weighted by Gasteiger charge is 2.25. The molecule has 2 unspecified atom stereocenters. The normalized spacial score (nSPS) is 20.0. The summed E-state index contributed by atoms with van der Waals surface area (Å²) < 4.78 is 0. The van der Waals surface area contributed by atoms with Crippen LogP contribution in [0.1, 0.15) is 24.1 Å². The summed E-state index contributed by atoms with van der Waals surface area (Å²) in [4.78, 5) is 12.2. The van der Waals surface area contributed by atoms with Crippen LogP contribution in [0.25, 0.3) is 0 Å². The molecule has 0 aliphatic carbocycles. The van der Waals surface area contributed by atoms with Crippen LogP contribution >= 0.6 is 11.8 Å². The molecule has 2 N–H and O–H groups in total. The zero-order valence-electron chi connectivity index (χ0n) is 10.9. The van der Waals surface area contributed by atoms with Gasteiger partial charge in [0.15, 0.2) is 0 Å². The topological polar surface area (TPSA) is 41.1 Å². The molecule has 18 heavy (non-hydrogen) atoms. The van der Waals surface area contributed by atoms with Crippen LogP contribution in [0.15, 0.2) is 24.3 Å². The number of rotatable bonds is 4. The summed E-state index contributed by atoms with van der Waals surface area (Å²) in [7, 11) is 0. The molecule has 0 fully saturated rings. The van der Waals surface area contributed by atoms with Gasteiger partial charge in [0, 0.05) is 18.3 Å². The third-order valence-corrected chi connectivity index (χ3v) is 4.31. The molecule has 1 aliphatic rings. The first kappa shape index (κ1) is 13.4. The molecule has 0 radical (unpaired) electrons. The van der Waals surface area contributed by atoms with Crippen LogP contribution < -0.4 is 10.6 Å². The highest BCUT2D eigenvalue weighted by molar-refractivity contribution is 7.99. The fraction of sp³-hybridized carbons (Fsp3) is 0.500. The Morgan fingerprint density at radius 1 is 1.56 bits per heavy atom. The van der Waals surface area contributed by atoms with Gasteiger partial charge in [0.2, 0.25) is 5.91 Å². The predicted octanol–water partition coefficient (Wildman–Crippen LogP) is 1.74. The van der Waals surface area contributed by atoms with Crippen molar-refractivity contribution < 1.29 is 4.79 Å². The third-order valence-electron chi connectivity index (χ3n) is 3.34. The van der Waals surface area contributed by atoms with Crippen molar-refractivity contribution in [1.82, 2.24) is 10.6 Å². The number of carbonyl (C=O) groups excluding carboxylic acids is 1. The number of hydrogen-bond donors (Lipinski definition) is 2. The Balaban J connectivity index is 2.04. The maximum absolute atomic E-state index is 12.2. The molecule has 2 rings (SSSR count). The molecule has 1 amide bonds. The van der Waals surface area contributed by atoms with E-state index in [0.29, 0.717) is 5.25 Å². The van der Waals surface area contributed by atoms with E-state index in [1.165, 1.54) is 5.56 Å². The van der Waals surface area contributed by atoms with Crippen LogP contribution in [0, 0.1) is 0 Å². The van der Waals surface area contributed by atoms with Gasteiger partial charge < -0.3 is 10.6 Å². The fourth-order valence-electron chi connectivity index (χ4n) is 2.17. The quantitative estimate of drug-likeness (QED) is 0.870. The molecule has 0 bridgehead atoms. The monoisotopic (exact) mass is 264 g/mol. The lowest BCUT2D eigenvalue weighted by Gasteiger charge is -2.26. The zero-order valence-corrected chi connectivity index (χ0v) is 11.7. The Kier molecular flexibility index (Phi) is 4.66. The van der Waals surface area contributed by atoms with Crippen LogP contribution in [-0.4, -0.2) is 30.5 Å². The van der Waals surface area contributed by atoms with Gasteiger partial charge in [-0.2, -0.15) is 11.8 Å². The van der Waals surface area contributed by atoms with Crippen molar-refractivity contribution >= 4 is 17.7 Å². The van der Waals surface area contributed by atoms with Crippen molar-refractivity contribution in [2.45, 2.75) is 24.6 Å². The molecule has 98 valence electrons. The standard InChI is InChI=1S/C14H20N2OS/c1-10(18-2)9-16-14(17)13-12-6-4-3-5-11(12)7-8-15-13/h3-6,10,13,15H,7-9H2,1-2H3,(H,16,17). The van der Waals surface area contributed by atoms with Crippen LogP contribution in [0.3, 0.4) is 0 Å². The maximum atomic E-state index is 12.2. The smallest absolute Gasteiger partial charge is 0.241 e. The summed E-state index contributed by atoms with van der Waals surface area (Å²) in [5.41, 5.74) is 2.41. The van der Waals surface area contributed by atoms with Gasteiger partial charge in [-0.3, -0.25) is 4.79 Å². The minimum absolute atomic E-state index is 0.0862. The van der Waals surface area contributed by atoms with Crippen LogP contribution in [0.5, 0.6) is 0 Å². The van der Waals surface area contributed by atoms with Crippen LogP contribution in [0.4, 0.5) is 0 Å². The van der Waals surface area contributed by atoms with E-state index in [-0.39, 0.29) is 11.9 Å². The zero-order chi connectivity index (χ0) is 13.0. The Bertz CT molecular complexity index is 422. The number of amides is 1. The minimum Gasteiger partial charge on any atom is -0.353 e. The van der Waals surface area contributed by atoms with Crippen molar-refractivity contribution in [2.24, 2.45) is 0 Å². The highest BCUT2D eigenvalue weighted by atomic mass is 32.2. The van der Waals surface area contributed by atoms with Crippen molar-refractivity contribution in [2.75, 3.05) is 19.3 Å². The summed E-state index contributed by atoms with van der Waals surface area (Å²) in [6, 6.07) is 8.00. The molecule has 3 nitrogen and oxygen atoms in total. The first-order chi connectivity index (χ1) is 8.72. The molecule has 4 heteroatoms. The molecular weight excluding hydrogens is 244 g/mol. The average molecular weight is 264 g/mol. The third kappa shape index (κ3) is 3.06. The summed E-state index contributed by atoms with van der Waals surface area (Å²) >= 11 is 1.76. The van der Waals surface area contributed by atoms with E-state index in [9.17, 15) is 4.79 Å². The molecule has 0 saturated carbocycles. The van der Waals surface area contributed by atoms with Crippen molar-refractivity contribution in [3.05, 3.63) is 35.4 Å². The summed E-state index contributed by atoms with van der Waals surface area (Å²) in [5, 5.41) is 6.77. The Labute approximate surface area is 113 Å². The van der Waals surface area contributed by atoms with Crippen LogP contribution in [0.2, 0.25) is 0 Å². The van der Waals surface area contributed by atoms with Gasteiger partial charge in [0.05, 0.1) is 0 Å². The van der Waals surface area contributed by atoms with E-state index in [1.807, 2.05) is 18.2 Å². The fourth-order valence-corrected chi connectivity index (χ4v) is 2.42. The molecular formula is C14H20N2OS. The molecule has 1 aliphatic heterocycles. The first-order valence-corrected chi connectivity index (χ1v) is 7.63. The van der Waals surface area contributed by atoms with Gasteiger partial charge in [-0.25, -0.2) is 0 Å². The summed E-state index contributed by atoms with van der Waals surface area (Å²) in [5.74, 6) is 0.0862. The number of fused-ring (bicyclic) bond motifs is 1. The second-order valence-electron chi connectivity index (χ2n) is 4.63. The molecule has 0 saturated heterocycles. The number of benzene rings is 1. The summed E-state index contributed by atoms with van der Waals surface area (Å²) in [6.45, 7) is 3.71. The van der Waals surface area contributed by atoms with Crippen molar-refractivity contribution in [3.8, 4) is 0 Å². The number of carbonyl (C=O) groups is 1. The molecule has 1 aromatic carbocycles. The van der Waals surface area contributed by atoms with Gasteiger partial charge in [-0.15, -0.1) is 0 Å². The van der Waals surface area contributed by atoms with Gasteiger partial charge in [0.25, 0.3) is 0 Å². The summed E-state index contributed by atoms with van der Waals surface area (Å²) in [6.07, 6.45) is 3.06. The number of thioether (sulfide) groups is 1. The maximum Gasteiger partial charge on any atom is 0.241 e. The van der Waals surface area contributed by atoms with E-state index in [1.54, 1.807) is 11.8 Å². The minimum atomic E-state index is -0.191. The van der Waals surface area contributed by atoms with Gasteiger partial charge in [0.1, 0.15) is 6.04 Å². The van der Waals surface area contributed by atoms with Gasteiger partial charge in [-0.05, 0) is 23.8 Å². The predicted molar refractivity (Wildman–Crippen MR) is 76.9 cm³/mol. The van der Waals surface area contributed by atoms with E-state index in [0.717, 1.165) is 25.1 Å². The van der Waals surface area contributed by atoms with Crippen molar-refractivity contribution in [1.29, 1.82) is 0 Å². The second kappa shape index (κ2) is 6.25. The van der Waals surface area contributed by atoms with Crippen molar-refractivity contribution in [3.63, 3.8) is 0 Å². The molecule has 2 atom stereocenters. The average Bonchev–Trinajstić information content (AvgIpc) is 2.43. The second-order valence-corrected chi connectivity index (χ2v) is 5.90. The van der Waals surface area contributed by atoms with E-state index < -0.39 is 0 Å². The Hall–Kier alpha value is -1.00. The van der Waals surface area contributed by atoms with E-state index >= 15 is 0 Å². The van der Waals surface area contributed by atoms with E-state index in [4.69, 9.17) is 0 Å². The Morgan fingerprint density at radius 2 is 2.33 bits per heavy atom. The number of nitrogens with one attached hydrogen (secondary N) is 2. The highest BCUT2D eigenvalue weighted by Crippen LogP contribution is 2.22. The van der Waals surface area contributed by atoms with Gasteiger partial charge >= 0.3 is 0 Å².